The van der Waals surface area contributed by atoms with Crippen LogP contribution in [0.15, 0.2) is 36.4 Å². The molecule has 4 fully saturated rings. The second-order valence-electron chi connectivity index (χ2n) is 15.5. The summed E-state index contributed by atoms with van der Waals surface area (Å²) < 4.78 is 17.5. The van der Waals surface area contributed by atoms with E-state index >= 15 is 0 Å². The van der Waals surface area contributed by atoms with Crippen LogP contribution in [0.4, 0.5) is 5.69 Å². The molecule has 3 aromatic rings. The Morgan fingerprint density at radius 1 is 1.05 bits per heavy atom. The smallest absolute Gasteiger partial charge is 0.339 e. The Morgan fingerprint density at radius 2 is 1.86 bits per heavy atom. The summed E-state index contributed by atoms with van der Waals surface area (Å²) in [5.74, 6) is 1.55. The van der Waals surface area contributed by atoms with Gasteiger partial charge in [0.1, 0.15) is 12.2 Å². The van der Waals surface area contributed by atoms with Gasteiger partial charge in [0, 0.05) is 11.5 Å². The van der Waals surface area contributed by atoms with Crippen molar-refractivity contribution < 1.29 is 34.5 Å². The maximum absolute atomic E-state index is 13.9. The Hall–Kier alpha value is -2.91. The number of quaternary nitrogens is 1. The first-order chi connectivity index (χ1) is 21.0. The van der Waals surface area contributed by atoms with E-state index in [4.69, 9.17) is 14.2 Å². The molecule has 1 unspecified atom stereocenters. The molecule has 5 aliphatic rings. The van der Waals surface area contributed by atoms with Crippen LogP contribution >= 0.6 is 0 Å². The number of esters is 1. The molecule has 234 valence electrons. The van der Waals surface area contributed by atoms with Gasteiger partial charge in [-0.15, -0.1) is 0 Å². The van der Waals surface area contributed by atoms with E-state index in [1.54, 1.807) is 6.07 Å². The molecule has 3 aromatic carbocycles. The van der Waals surface area contributed by atoms with Crippen molar-refractivity contribution in [3.63, 3.8) is 0 Å². The van der Waals surface area contributed by atoms with E-state index in [9.17, 15) is 20.3 Å². The first-order valence-electron chi connectivity index (χ1n) is 16.4. The number of carbonyl (C=O) groups is 1. The van der Waals surface area contributed by atoms with Crippen molar-refractivity contribution >= 4 is 33.2 Å². The maximum Gasteiger partial charge on any atom is 0.339 e. The van der Waals surface area contributed by atoms with Gasteiger partial charge in [0.2, 0.25) is 6.79 Å². The molecule has 0 amide bonds. The topological polar surface area (TPSA) is 113 Å². The third kappa shape index (κ3) is 3.93. The molecule has 1 aliphatic heterocycles. The predicted molar refractivity (Wildman–Crippen MR) is 165 cm³/mol. The van der Waals surface area contributed by atoms with Crippen LogP contribution in [0.3, 0.4) is 0 Å². The summed E-state index contributed by atoms with van der Waals surface area (Å²) in [5, 5.41) is 36.1. The summed E-state index contributed by atoms with van der Waals surface area (Å²) in [7, 11) is 0. The highest BCUT2D eigenvalue weighted by Crippen LogP contribution is 2.72. The Morgan fingerprint density at radius 3 is 2.68 bits per heavy atom. The van der Waals surface area contributed by atoms with Gasteiger partial charge >= 0.3 is 5.97 Å². The molecule has 1 heterocycles. The molecule has 0 aromatic heterocycles. The van der Waals surface area contributed by atoms with Crippen molar-refractivity contribution in [3.8, 4) is 11.5 Å². The number of fused-ring (bicyclic) bond motifs is 8. The van der Waals surface area contributed by atoms with E-state index < -0.39 is 16.8 Å². The number of hydrogen-bond acceptors (Lipinski definition) is 7. The van der Waals surface area contributed by atoms with Crippen LogP contribution in [0, 0.1) is 39.2 Å². The minimum absolute atomic E-state index is 0.00141. The lowest BCUT2D eigenvalue weighted by Gasteiger charge is -2.64. The highest BCUT2D eigenvalue weighted by Gasteiger charge is 2.67. The minimum atomic E-state index is -1.14. The molecule has 4 saturated carbocycles. The van der Waals surface area contributed by atoms with Gasteiger partial charge in [0.05, 0.1) is 10.9 Å². The molecule has 8 nitrogen and oxygen atoms in total. The quantitative estimate of drug-likeness (QED) is 0.179. The Kier molecular flexibility index (Phi) is 6.20. The molecule has 44 heavy (non-hydrogen) atoms. The van der Waals surface area contributed by atoms with Crippen molar-refractivity contribution in [3.05, 3.63) is 47.2 Å². The summed E-state index contributed by atoms with van der Waals surface area (Å²) in [5.41, 5.74) is -0.250. The molecule has 0 radical (unpaired) electrons. The fraction of sp³-hybridized carbons (Fsp3) is 0.583. The average Bonchev–Trinajstić information content (AvgIpc) is 3.54. The lowest BCUT2D eigenvalue weighted by molar-refractivity contribution is -0.990. The van der Waals surface area contributed by atoms with Gasteiger partial charge in [0.15, 0.2) is 17.2 Å². The Labute approximate surface area is 257 Å². The summed E-state index contributed by atoms with van der Waals surface area (Å²) in [6.45, 7) is 7.35. The predicted octanol–water partition coefficient (Wildman–Crippen LogP) is 6.45. The van der Waals surface area contributed by atoms with Crippen molar-refractivity contribution in [1.82, 2.24) is 0 Å². The molecule has 4 aliphatic carbocycles. The van der Waals surface area contributed by atoms with Crippen LogP contribution in [-0.2, 0) is 4.74 Å². The molecule has 3 N–H and O–H groups in total. The normalized spacial score (nSPS) is 35.7. The van der Waals surface area contributed by atoms with Crippen LogP contribution in [0.25, 0.3) is 21.5 Å². The maximum atomic E-state index is 13.9. The van der Waals surface area contributed by atoms with Crippen LogP contribution in [0.1, 0.15) is 88.9 Å². The zero-order valence-electron chi connectivity index (χ0n) is 25.9. The largest absolute Gasteiger partial charge is 0.595 e. The third-order valence-corrected chi connectivity index (χ3v) is 13.0. The van der Waals surface area contributed by atoms with Crippen LogP contribution in [-0.4, -0.2) is 35.3 Å². The summed E-state index contributed by atoms with van der Waals surface area (Å²) in [4.78, 5) is 13.9. The number of benzene rings is 3. The highest BCUT2D eigenvalue weighted by molar-refractivity contribution is 6.21. The lowest BCUT2D eigenvalue weighted by atomic mass is 9.41. The lowest BCUT2D eigenvalue weighted by Crippen LogP contribution is -2.99. The summed E-state index contributed by atoms with van der Waals surface area (Å²) in [6.07, 6.45) is 9.92. The highest BCUT2D eigenvalue weighted by atomic mass is 16.8. The zero-order valence-corrected chi connectivity index (χ0v) is 25.9. The van der Waals surface area contributed by atoms with E-state index in [0.29, 0.717) is 40.6 Å². The monoisotopic (exact) mass is 601 g/mol. The number of hydrogen-bond donors (Lipinski definition) is 3. The van der Waals surface area contributed by atoms with E-state index in [-0.39, 0.29) is 46.8 Å². The van der Waals surface area contributed by atoms with E-state index in [0.717, 1.165) is 36.5 Å². The van der Waals surface area contributed by atoms with Gasteiger partial charge in [-0.2, -0.15) is 5.23 Å². The summed E-state index contributed by atoms with van der Waals surface area (Å²) in [6, 6.07) is 10.6. The molecule has 7 atom stereocenters. The summed E-state index contributed by atoms with van der Waals surface area (Å²) >= 11 is 0. The second kappa shape index (κ2) is 9.55. The van der Waals surface area contributed by atoms with Crippen molar-refractivity contribution in [2.75, 3.05) is 13.4 Å². The van der Waals surface area contributed by atoms with Gasteiger partial charge in [-0.25, -0.2) is 10.0 Å². The Bertz CT molecular complexity index is 1680. The van der Waals surface area contributed by atoms with Crippen molar-refractivity contribution in [2.24, 2.45) is 34.0 Å². The number of aliphatic hydroxyl groups is 1. The number of rotatable bonds is 4. The molecular formula is C36H43NO7. The van der Waals surface area contributed by atoms with E-state index in [2.05, 4.69) is 20.8 Å². The second-order valence-corrected chi connectivity index (χ2v) is 15.5. The fourth-order valence-corrected chi connectivity index (χ4v) is 11.4. The van der Waals surface area contributed by atoms with E-state index in [1.807, 2.05) is 24.3 Å². The molecular weight excluding hydrogens is 558 g/mol. The first kappa shape index (κ1) is 28.6. The Balaban J connectivity index is 1.12. The van der Waals surface area contributed by atoms with E-state index in [1.165, 1.54) is 31.7 Å². The molecule has 8 rings (SSSR count). The van der Waals surface area contributed by atoms with Gasteiger partial charge in [0.25, 0.3) is 0 Å². The SMILES string of the molecule is CC1(C)CCC[C@@]2(C)[C@@H]3CC[C@@H]4C[C@@]3(CC[C@@H]12)C[C@@]4(O)COC(=O)c1cc2c(c3c1c([NH+]([O-])O)cc1ccccc13)OCO2. The zero-order chi connectivity index (χ0) is 30.6. The number of nitrogens with one attached hydrogen (secondary N) is 1. The van der Waals surface area contributed by atoms with Gasteiger partial charge in [-0.1, -0.05) is 51.5 Å². The van der Waals surface area contributed by atoms with Crippen molar-refractivity contribution in [2.45, 2.75) is 84.2 Å². The molecule has 0 saturated heterocycles. The van der Waals surface area contributed by atoms with Crippen molar-refractivity contribution in [1.29, 1.82) is 0 Å². The third-order valence-electron chi connectivity index (χ3n) is 13.0. The number of carbonyl (C=O) groups excluding carboxylic acids is 1. The molecule has 1 spiro atoms. The first-order valence-corrected chi connectivity index (χ1v) is 16.4. The van der Waals surface area contributed by atoms with Gasteiger partial charge < -0.3 is 24.5 Å². The van der Waals surface area contributed by atoms with Gasteiger partial charge in [-0.05, 0) is 102 Å². The van der Waals surface area contributed by atoms with Crippen LogP contribution in [0.2, 0.25) is 0 Å². The van der Waals surface area contributed by atoms with Gasteiger partial charge in [-0.3, -0.25) is 0 Å². The standard InChI is InChI=1S/C36H43NO7/c1-33(2)12-6-13-34(3)27(33)11-14-35-17-22(9-10-28(34)35)36(39,18-35)19-42-32(38)24-16-26-31(44-20-43-26)30-23-8-5-4-7-21(23)15-25(29(24)30)37(40)41/h4-5,7-8,15-16,22,27-28,37,39-40H,6,9-14,17-20H2,1-3H3/t22-,27+,28+,34-,35+,36-/m1/s1. The molecule has 2 bridgehead atoms. The molecule has 8 heteroatoms. The average molecular weight is 602 g/mol. The number of ether oxygens (including phenoxy) is 3. The fourth-order valence-electron chi connectivity index (χ4n) is 11.4. The van der Waals surface area contributed by atoms with Crippen LogP contribution < -0.4 is 14.7 Å². The minimum Gasteiger partial charge on any atom is -0.595 e. The van der Waals surface area contributed by atoms with Crippen LogP contribution in [0.5, 0.6) is 11.5 Å².